The van der Waals surface area contributed by atoms with Gasteiger partial charge >= 0.3 is 0 Å². The van der Waals surface area contributed by atoms with Crippen LogP contribution in [0.15, 0.2) is 73.7 Å². The minimum Gasteiger partial charge on any atom is -0.389 e. The van der Waals surface area contributed by atoms with Crippen LogP contribution in [0.5, 0.6) is 0 Å². The monoisotopic (exact) mass is 602 g/mol. The van der Waals surface area contributed by atoms with Gasteiger partial charge in [0.1, 0.15) is 6.73 Å². The summed E-state index contributed by atoms with van der Waals surface area (Å²) in [5.41, 5.74) is 6.82. The fourth-order valence-electron chi connectivity index (χ4n) is 4.21. The van der Waals surface area contributed by atoms with Gasteiger partial charge in [0.15, 0.2) is 0 Å². The summed E-state index contributed by atoms with van der Waals surface area (Å²) in [4.78, 5) is 0. The number of ether oxygens (including phenoxy) is 3. The van der Waals surface area contributed by atoms with Crippen molar-refractivity contribution in [3.8, 4) is 0 Å². The maximum atomic E-state index is 5.14. The molecule has 0 atom stereocenters. The van der Waals surface area contributed by atoms with E-state index in [-0.39, 0.29) is 0 Å². The highest BCUT2D eigenvalue weighted by molar-refractivity contribution is 4.96. The van der Waals surface area contributed by atoms with E-state index >= 15 is 0 Å². The molecular formula is C34H62N6O3. The van der Waals surface area contributed by atoms with E-state index in [1.807, 2.05) is 0 Å². The van der Waals surface area contributed by atoms with Crippen molar-refractivity contribution in [2.45, 2.75) is 70.6 Å². The first-order valence-electron chi connectivity index (χ1n) is 16.1. The third-order valence-electron chi connectivity index (χ3n) is 6.88. The zero-order valence-corrected chi connectivity index (χ0v) is 27.0. The van der Waals surface area contributed by atoms with Crippen molar-refractivity contribution in [2.75, 3.05) is 72.5 Å². The lowest BCUT2D eigenvalue weighted by atomic mass is 10.1. The van der Waals surface area contributed by atoms with Gasteiger partial charge in [-0.3, -0.25) is 0 Å². The number of morpholine rings is 1. The molecule has 43 heavy (non-hydrogen) atoms. The fourth-order valence-corrected chi connectivity index (χ4v) is 4.21. The Hall–Kier alpha value is -2.88. The third kappa shape index (κ3) is 25.3. The number of piperidine rings is 1. The average Bonchev–Trinajstić information content (AvgIpc) is 3.20. The first-order chi connectivity index (χ1) is 20.9. The Labute approximate surface area is 262 Å². The Morgan fingerprint density at radius 1 is 0.349 bits per heavy atom. The predicted octanol–water partition coefficient (Wildman–Crippen LogP) is 4.92. The Morgan fingerprint density at radius 2 is 0.791 bits per heavy atom. The Bertz CT molecular complexity index is 701. The zero-order chi connectivity index (χ0) is 31.4. The van der Waals surface area contributed by atoms with Crippen molar-refractivity contribution in [1.29, 1.82) is 0 Å². The molecule has 0 unspecified atom stereocenters. The van der Waals surface area contributed by atoms with Gasteiger partial charge in [-0.2, -0.15) is 0 Å². The molecule has 6 aliphatic rings. The normalized spacial score (nSPS) is 21.5. The molecule has 0 saturated carbocycles. The lowest BCUT2D eigenvalue weighted by molar-refractivity contribution is 0.101. The second-order valence-corrected chi connectivity index (χ2v) is 11.0. The highest BCUT2D eigenvalue weighted by Gasteiger charge is 2.01. The summed E-state index contributed by atoms with van der Waals surface area (Å²) >= 11 is 0. The van der Waals surface area contributed by atoms with Crippen molar-refractivity contribution in [2.24, 2.45) is 0 Å². The number of allylic oxidation sites excluding steroid dienone is 3. The molecule has 0 spiro atoms. The molecule has 6 saturated heterocycles. The van der Waals surface area contributed by atoms with E-state index in [1.165, 1.54) is 74.9 Å². The van der Waals surface area contributed by atoms with Gasteiger partial charge in [0.25, 0.3) is 0 Å². The minimum absolute atomic E-state index is 0.638. The van der Waals surface area contributed by atoms with Crippen LogP contribution in [-0.4, -0.2) is 72.5 Å². The van der Waals surface area contributed by atoms with E-state index in [2.05, 4.69) is 71.4 Å². The van der Waals surface area contributed by atoms with E-state index in [0.29, 0.717) is 13.3 Å². The quantitative estimate of drug-likeness (QED) is 0.231. The van der Waals surface area contributed by atoms with Gasteiger partial charge in [0, 0.05) is 79.7 Å². The minimum atomic E-state index is 0.638. The molecule has 0 radical (unpaired) electrons. The van der Waals surface area contributed by atoms with Crippen molar-refractivity contribution < 1.29 is 14.2 Å². The number of hydrogen-bond donors (Lipinski definition) is 6. The summed E-state index contributed by atoms with van der Waals surface area (Å²) in [7, 11) is 0. The second-order valence-electron chi connectivity index (χ2n) is 11.0. The molecule has 6 rings (SSSR count). The van der Waals surface area contributed by atoms with Crippen LogP contribution in [0.2, 0.25) is 0 Å². The van der Waals surface area contributed by atoms with E-state index in [9.17, 15) is 0 Å². The third-order valence-corrected chi connectivity index (χ3v) is 6.88. The molecule has 6 aliphatic heterocycles. The van der Waals surface area contributed by atoms with Crippen molar-refractivity contribution >= 4 is 0 Å². The molecule has 9 heteroatoms. The van der Waals surface area contributed by atoms with E-state index in [0.717, 1.165) is 89.1 Å². The summed E-state index contributed by atoms with van der Waals surface area (Å²) in [6.45, 7) is 32.4. The van der Waals surface area contributed by atoms with Crippen LogP contribution in [0.3, 0.4) is 0 Å². The van der Waals surface area contributed by atoms with Gasteiger partial charge in [-0.15, -0.1) is 0 Å². The van der Waals surface area contributed by atoms with Crippen LogP contribution in [0, 0.1) is 0 Å². The predicted molar refractivity (Wildman–Crippen MR) is 181 cm³/mol. The number of nitrogens with one attached hydrogen (secondary N) is 6. The highest BCUT2D eigenvalue weighted by Crippen LogP contribution is 2.08. The van der Waals surface area contributed by atoms with Gasteiger partial charge in [-0.05, 0) is 51.4 Å². The van der Waals surface area contributed by atoms with Gasteiger partial charge in [0.05, 0.1) is 33.0 Å². The average molecular weight is 603 g/mol. The van der Waals surface area contributed by atoms with Gasteiger partial charge < -0.3 is 46.1 Å². The summed E-state index contributed by atoms with van der Waals surface area (Å²) in [5, 5.41) is 18.7. The summed E-state index contributed by atoms with van der Waals surface area (Å²) in [6, 6.07) is 0. The molecule has 6 heterocycles. The highest BCUT2D eigenvalue weighted by atomic mass is 16.5. The molecule has 0 aromatic carbocycles. The molecule has 0 bridgehead atoms. The largest absolute Gasteiger partial charge is 0.389 e. The topological polar surface area (TPSA) is 99.9 Å². The molecule has 246 valence electrons. The summed E-state index contributed by atoms with van der Waals surface area (Å²) in [6.07, 6.45) is 13.4. The fraction of sp³-hybridized carbons (Fsp3) is 0.647. The van der Waals surface area contributed by atoms with Crippen molar-refractivity contribution in [1.82, 2.24) is 31.9 Å². The smallest absolute Gasteiger partial charge is 0.116 e. The molecule has 0 aliphatic carbocycles. The lowest BCUT2D eigenvalue weighted by Crippen LogP contribution is -2.27. The Kier molecular flexibility index (Phi) is 23.7. The lowest BCUT2D eigenvalue weighted by Gasteiger charge is -2.15. The van der Waals surface area contributed by atoms with Crippen LogP contribution < -0.4 is 31.9 Å². The molecule has 9 nitrogen and oxygen atoms in total. The van der Waals surface area contributed by atoms with Crippen LogP contribution in [0.4, 0.5) is 0 Å². The Balaban J connectivity index is 0.000000259. The Morgan fingerprint density at radius 3 is 1.23 bits per heavy atom. The van der Waals surface area contributed by atoms with Gasteiger partial charge in [0.2, 0.25) is 0 Å². The summed E-state index contributed by atoms with van der Waals surface area (Å²) < 4.78 is 15.1. The van der Waals surface area contributed by atoms with Crippen LogP contribution in [0.25, 0.3) is 0 Å². The van der Waals surface area contributed by atoms with Crippen molar-refractivity contribution in [3.05, 3.63) is 73.7 Å². The number of rotatable bonds is 0. The van der Waals surface area contributed by atoms with E-state index in [4.69, 9.17) is 14.2 Å². The van der Waals surface area contributed by atoms with Gasteiger partial charge in [-0.1, -0.05) is 45.9 Å². The van der Waals surface area contributed by atoms with Gasteiger partial charge in [-0.25, -0.2) is 0 Å². The molecule has 6 fully saturated rings. The standard InChI is InChI=1S/C7H13N.C6H11NO.C6H11N.2C5H9NO.C5H9N/c1-7-5-3-2-4-6-8-7;1-6-2-4-8-5-3-7-6;1-6-4-2-3-5-7-6;1-5-4-7-3-2-6-5;1-5-2-3-7-4-6-5;1-5-3-2-4-6-5/h8H,1-6H2;7H,1-5H2;7H,1-5H2;2*6H,1-4H2;6H,1-4H2. The molecule has 6 N–H and O–H groups in total. The maximum Gasteiger partial charge on any atom is 0.116 e. The summed E-state index contributed by atoms with van der Waals surface area (Å²) in [5.74, 6) is 0. The molecule has 0 aromatic heterocycles. The maximum absolute atomic E-state index is 5.14. The number of hydrogen-bond acceptors (Lipinski definition) is 9. The SMILES string of the molecule is C=C1CCCCCN1.C=C1CCCCN1.C=C1CCCN1.C=C1CCOCCN1.C=C1CCOCN1.C=C1COCCN1. The van der Waals surface area contributed by atoms with E-state index < -0.39 is 0 Å². The zero-order valence-electron chi connectivity index (χ0n) is 27.0. The first kappa shape index (κ1) is 38.1. The molecule has 0 amide bonds. The molecule has 0 aromatic rings. The van der Waals surface area contributed by atoms with Crippen LogP contribution in [0.1, 0.15) is 70.6 Å². The van der Waals surface area contributed by atoms with Crippen LogP contribution in [-0.2, 0) is 14.2 Å². The van der Waals surface area contributed by atoms with Crippen molar-refractivity contribution in [3.63, 3.8) is 0 Å². The second kappa shape index (κ2) is 26.7. The van der Waals surface area contributed by atoms with E-state index in [1.54, 1.807) is 0 Å². The first-order valence-corrected chi connectivity index (χ1v) is 16.1. The molecular weight excluding hydrogens is 540 g/mol. The van der Waals surface area contributed by atoms with Crippen LogP contribution >= 0.6 is 0 Å².